The van der Waals surface area contributed by atoms with E-state index in [4.69, 9.17) is 4.74 Å². The predicted octanol–water partition coefficient (Wildman–Crippen LogP) is 4.99. The van der Waals surface area contributed by atoms with Crippen molar-refractivity contribution in [2.24, 2.45) is 5.41 Å². The SMILES string of the molecule is CC(C)(C)OC(=O)NC1CC2(C1)CC(Nc1nc(F)ccc1C(=O)Nc1ccnc(C3CC3)c1)C2. The lowest BCUT2D eigenvalue weighted by Gasteiger charge is -2.57. The summed E-state index contributed by atoms with van der Waals surface area (Å²) >= 11 is 0. The van der Waals surface area contributed by atoms with Crippen molar-refractivity contribution in [3.05, 3.63) is 47.7 Å². The van der Waals surface area contributed by atoms with Crippen molar-refractivity contribution < 1.29 is 18.7 Å². The monoisotopic (exact) mass is 481 g/mol. The topological polar surface area (TPSA) is 105 Å². The van der Waals surface area contributed by atoms with E-state index in [9.17, 15) is 14.0 Å². The Bertz CT molecular complexity index is 1130. The van der Waals surface area contributed by atoms with Crippen LogP contribution in [0.5, 0.6) is 0 Å². The third-order valence-corrected chi connectivity index (χ3v) is 6.92. The number of carbonyl (C=O) groups is 2. The Kier molecular flexibility index (Phi) is 5.89. The maximum Gasteiger partial charge on any atom is 0.407 e. The molecular weight excluding hydrogens is 449 g/mol. The van der Waals surface area contributed by atoms with Gasteiger partial charge < -0.3 is 20.7 Å². The Morgan fingerprint density at radius 2 is 1.80 bits per heavy atom. The summed E-state index contributed by atoms with van der Waals surface area (Å²) in [4.78, 5) is 33.3. The minimum Gasteiger partial charge on any atom is -0.444 e. The second-order valence-corrected chi connectivity index (χ2v) is 11.2. The molecule has 3 aliphatic carbocycles. The molecule has 9 heteroatoms. The number of hydrogen-bond acceptors (Lipinski definition) is 6. The fourth-order valence-electron chi connectivity index (χ4n) is 5.23. The Balaban J connectivity index is 1.16. The molecule has 186 valence electrons. The lowest BCUT2D eigenvalue weighted by Crippen LogP contribution is -2.59. The zero-order chi connectivity index (χ0) is 24.8. The summed E-state index contributed by atoms with van der Waals surface area (Å²) in [5, 5.41) is 9.09. The van der Waals surface area contributed by atoms with Crippen LogP contribution >= 0.6 is 0 Å². The molecule has 3 N–H and O–H groups in total. The van der Waals surface area contributed by atoms with Gasteiger partial charge in [-0.2, -0.15) is 4.39 Å². The highest BCUT2D eigenvalue weighted by Crippen LogP contribution is 2.56. The highest BCUT2D eigenvalue weighted by atomic mass is 19.1. The number of nitrogens with zero attached hydrogens (tertiary/aromatic N) is 2. The van der Waals surface area contributed by atoms with Crippen molar-refractivity contribution in [1.82, 2.24) is 15.3 Å². The van der Waals surface area contributed by atoms with Crippen LogP contribution < -0.4 is 16.0 Å². The summed E-state index contributed by atoms with van der Waals surface area (Å²) in [5.41, 5.74) is 1.61. The molecule has 2 heterocycles. The third-order valence-electron chi connectivity index (χ3n) is 6.92. The maximum absolute atomic E-state index is 13.9. The molecule has 2 aromatic heterocycles. The van der Waals surface area contributed by atoms with E-state index in [2.05, 4.69) is 25.9 Å². The van der Waals surface area contributed by atoms with Gasteiger partial charge >= 0.3 is 6.09 Å². The average molecular weight is 482 g/mol. The molecule has 0 radical (unpaired) electrons. The normalized spacial score (nSPS) is 25.3. The van der Waals surface area contributed by atoms with Gasteiger partial charge in [-0.05, 0) is 89.0 Å². The van der Waals surface area contributed by atoms with Crippen LogP contribution in [0.4, 0.5) is 20.7 Å². The van der Waals surface area contributed by atoms with E-state index < -0.39 is 11.5 Å². The van der Waals surface area contributed by atoms with Crippen molar-refractivity contribution in [2.45, 2.75) is 82.9 Å². The number of aromatic nitrogens is 2. The molecule has 3 fully saturated rings. The van der Waals surface area contributed by atoms with E-state index in [1.807, 2.05) is 26.8 Å². The van der Waals surface area contributed by atoms with Crippen molar-refractivity contribution >= 4 is 23.5 Å². The quantitative estimate of drug-likeness (QED) is 0.502. The van der Waals surface area contributed by atoms with E-state index in [-0.39, 0.29) is 35.3 Å². The number of carbonyl (C=O) groups excluding carboxylic acids is 2. The largest absolute Gasteiger partial charge is 0.444 e. The average Bonchev–Trinajstić information content (AvgIpc) is 3.55. The number of hydrogen-bond donors (Lipinski definition) is 3. The lowest BCUT2D eigenvalue weighted by molar-refractivity contribution is -0.0179. The van der Waals surface area contributed by atoms with Crippen LogP contribution in [0.15, 0.2) is 30.5 Å². The number of alkyl carbamates (subject to hydrolysis) is 1. The molecule has 0 unspecified atom stereocenters. The summed E-state index contributed by atoms with van der Waals surface area (Å²) < 4.78 is 19.3. The lowest BCUT2D eigenvalue weighted by atomic mass is 9.52. The predicted molar refractivity (Wildman–Crippen MR) is 130 cm³/mol. The van der Waals surface area contributed by atoms with Crippen LogP contribution in [0.1, 0.15) is 81.3 Å². The zero-order valence-corrected chi connectivity index (χ0v) is 20.4. The summed E-state index contributed by atoms with van der Waals surface area (Å²) in [5.74, 6) is -0.245. The molecule has 0 saturated heterocycles. The van der Waals surface area contributed by atoms with Crippen molar-refractivity contribution in [3.63, 3.8) is 0 Å². The Morgan fingerprint density at radius 3 is 2.49 bits per heavy atom. The van der Waals surface area contributed by atoms with Gasteiger partial charge in [0.25, 0.3) is 5.91 Å². The molecule has 2 aromatic rings. The van der Waals surface area contributed by atoms with E-state index in [1.54, 1.807) is 12.3 Å². The van der Waals surface area contributed by atoms with Crippen LogP contribution in [0.2, 0.25) is 0 Å². The standard InChI is InChI=1S/C26H32FN5O3/c1-25(2,3)35-24(34)31-18-13-26(14-18)11-17(12-26)29-22-19(6-7-21(27)32-22)23(33)30-16-8-9-28-20(10-16)15-4-5-15/h6-10,15,17-18H,4-5,11-14H2,1-3H3,(H,29,32)(H,31,34)(H,28,30,33). The number of rotatable bonds is 6. The summed E-state index contributed by atoms with van der Waals surface area (Å²) in [6.45, 7) is 5.53. The fraction of sp³-hybridized carbons (Fsp3) is 0.538. The number of anilines is 2. The number of amides is 2. The fourth-order valence-corrected chi connectivity index (χ4v) is 5.23. The molecule has 2 amide bonds. The molecule has 1 spiro atoms. The molecule has 3 aliphatic rings. The highest BCUT2D eigenvalue weighted by molar-refractivity contribution is 6.07. The van der Waals surface area contributed by atoms with Gasteiger partial charge in [0.2, 0.25) is 5.95 Å². The van der Waals surface area contributed by atoms with Crippen LogP contribution in [-0.4, -0.2) is 39.7 Å². The highest BCUT2D eigenvalue weighted by Gasteiger charge is 2.53. The van der Waals surface area contributed by atoms with E-state index in [0.29, 0.717) is 17.2 Å². The number of halogens is 1. The number of ether oxygens (including phenoxy) is 1. The van der Waals surface area contributed by atoms with Gasteiger partial charge in [-0.25, -0.2) is 9.78 Å². The molecular formula is C26H32FN5O3. The second-order valence-electron chi connectivity index (χ2n) is 11.2. The van der Waals surface area contributed by atoms with Crippen molar-refractivity contribution in [2.75, 3.05) is 10.6 Å². The molecule has 0 aliphatic heterocycles. The first kappa shape index (κ1) is 23.5. The van der Waals surface area contributed by atoms with E-state index in [0.717, 1.165) is 44.2 Å². The minimum atomic E-state index is -0.636. The molecule has 5 rings (SSSR count). The molecule has 0 bridgehead atoms. The Morgan fingerprint density at radius 1 is 1.09 bits per heavy atom. The molecule has 0 atom stereocenters. The van der Waals surface area contributed by atoms with Gasteiger partial charge in [0.05, 0.1) is 5.56 Å². The number of pyridine rings is 2. The van der Waals surface area contributed by atoms with Crippen molar-refractivity contribution in [1.29, 1.82) is 0 Å². The first-order valence-electron chi connectivity index (χ1n) is 12.3. The number of nitrogens with one attached hydrogen (secondary N) is 3. The molecule has 35 heavy (non-hydrogen) atoms. The smallest absolute Gasteiger partial charge is 0.407 e. The van der Waals surface area contributed by atoms with Gasteiger partial charge in [-0.15, -0.1) is 0 Å². The summed E-state index contributed by atoms with van der Waals surface area (Å²) in [7, 11) is 0. The van der Waals surface area contributed by atoms with Gasteiger partial charge in [-0.3, -0.25) is 9.78 Å². The maximum atomic E-state index is 13.9. The Hall–Kier alpha value is -3.23. The van der Waals surface area contributed by atoms with Gasteiger partial charge in [0, 0.05) is 35.6 Å². The summed E-state index contributed by atoms with van der Waals surface area (Å²) in [6, 6.07) is 6.52. The molecule has 3 saturated carbocycles. The van der Waals surface area contributed by atoms with Gasteiger partial charge in [0.15, 0.2) is 0 Å². The zero-order valence-electron chi connectivity index (χ0n) is 20.4. The van der Waals surface area contributed by atoms with Crippen LogP contribution in [0.3, 0.4) is 0 Å². The Labute approximate surface area is 204 Å². The first-order valence-corrected chi connectivity index (χ1v) is 12.3. The van der Waals surface area contributed by atoms with Gasteiger partial charge in [0.1, 0.15) is 11.4 Å². The van der Waals surface area contributed by atoms with Crippen LogP contribution in [-0.2, 0) is 4.74 Å². The van der Waals surface area contributed by atoms with Crippen LogP contribution in [0, 0.1) is 11.4 Å². The van der Waals surface area contributed by atoms with Gasteiger partial charge in [-0.1, -0.05) is 0 Å². The van der Waals surface area contributed by atoms with E-state index in [1.165, 1.54) is 12.1 Å². The first-order chi connectivity index (χ1) is 16.6. The third kappa shape index (κ3) is 5.55. The minimum absolute atomic E-state index is 0.0979. The summed E-state index contributed by atoms with van der Waals surface area (Å²) in [6.07, 6.45) is 7.11. The van der Waals surface area contributed by atoms with Crippen molar-refractivity contribution in [3.8, 4) is 0 Å². The van der Waals surface area contributed by atoms with Crippen LogP contribution in [0.25, 0.3) is 0 Å². The second kappa shape index (κ2) is 8.77. The van der Waals surface area contributed by atoms with E-state index >= 15 is 0 Å². The molecule has 0 aromatic carbocycles. The molecule has 8 nitrogen and oxygen atoms in total.